The largest absolute Gasteiger partial charge is 0.501 e. The standard InChI is InChI=1S/C5H7.Mn/c1-2-4-5-3-1;/h1H,2,4-5H2;/q-1;. The molecule has 0 N–H and O–H groups in total. The van der Waals surface area contributed by atoms with E-state index in [1.54, 1.807) is 0 Å². The van der Waals surface area contributed by atoms with Crippen molar-refractivity contribution in [1.82, 2.24) is 0 Å². The molecule has 0 heterocycles. The second-order valence-corrected chi connectivity index (χ2v) is 1.30. The SMILES string of the molecule is [C-]1=CCCC1.[Mn]. The van der Waals surface area contributed by atoms with Crippen LogP contribution < -0.4 is 0 Å². The first-order chi connectivity index (χ1) is 2.50. The molecule has 0 aromatic rings. The van der Waals surface area contributed by atoms with Gasteiger partial charge in [0.05, 0.1) is 0 Å². The van der Waals surface area contributed by atoms with Crippen molar-refractivity contribution in [1.29, 1.82) is 0 Å². The molecule has 1 aliphatic carbocycles. The minimum atomic E-state index is 0. The summed E-state index contributed by atoms with van der Waals surface area (Å²) >= 11 is 0. The summed E-state index contributed by atoms with van der Waals surface area (Å²) in [6.45, 7) is 0. The van der Waals surface area contributed by atoms with Crippen LogP contribution in [0.4, 0.5) is 0 Å². The van der Waals surface area contributed by atoms with Gasteiger partial charge in [-0.2, -0.15) is 6.42 Å². The molecule has 1 rings (SSSR count). The molecule has 0 aromatic carbocycles. The van der Waals surface area contributed by atoms with Crippen LogP contribution in [0.3, 0.4) is 0 Å². The fourth-order valence-electron chi connectivity index (χ4n) is 0.510. The zero-order valence-electron chi connectivity index (χ0n) is 3.58. The Balaban J connectivity index is 0.000000250. The maximum Gasteiger partial charge on any atom is 0 e. The Morgan fingerprint density at radius 2 is 2.33 bits per heavy atom. The molecule has 1 aliphatic rings. The molecule has 0 aromatic heterocycles. The monoisotopic (exact) mass is 122 g/mol. The summed E-state index contributed by atoms with van der Waals surface area (Å²) in [7, 11) is 0. The fourth-order valence-corrected chi connectivity index (χ4v) is 0.510. The predicted octanol–water partition coefficient (Wildman–Crippen LogP) is 1.53. The van der Waals surface area contributed by atoms with E-state index in [2.05, 4.69) is 12.2 Å². The summed E-state index contributed by atoms with van der Waals surface area (Å²) in [4.78, 5) is 0. The van der Waals surface area contributed by atoms with Crippen molar-refractivity contribution in [2.24, 2.45) is 0 Å². The van der Waals surface area contributed by atoms with Crippen LogP contribution in [0.2, 0.25) is 0 Å². The molecule has 0 atom stereocenters. The normalized spacial score (nSPS) is 17.3. The summed E-state index contributed by atoms with van der Waals surface area (Å²) in [5, 5.41) is 0. The third-order valence-corrected chi connectivity index (χ3v) is 0.814. The second-order valence-electron chi connectivity index (χ2n) is 1.30. The van der Waals surface area contributed by atoms with Gasteiger partial charge in [0.25, 0.3) is 0 Å². The van der Waals surface area contributed by atoms with Crippen molar-refractivity contribution >= 4 is 0 Å². The van der Waals surface area contributed by atoms with Gasteiger partial charge in [-0.3, -0.25) is 6.08 Å². The molecule has 0 bridgehead atoms. The molecule has 1 heteroatoms. The molecule has 0 saturated heterocycles. The first-order valence-corrected chi connectivity index (χ1v) is 2.05. The van der Waals surface area contributed by atoms with Gasteiger partial charge in [-0.25, -0.2) is 0 Å². The number of hydrogen-bond acceptors (Lipinski definition) is 0. The molecular formula is C5H7Mn-. The van der Waals surface area contributed by atoms with Gasteiger partial charge in [0, 0.05) is 17.1 Å². The Hall–Kier alpha value is 0.259. The van der Waals surface area contributed by atoms with E-state index in [9.17, 15) is 0 Å². The van der Waals surface area contributed by atoms with Crippen molar-refractivity contribution in [2.45, 2.75) is 19.3 Å². The third-order valence-electron chi connectivity index (χ3n) is 0.814. The van der Waals surface area contributed by atoms with Gasteiger partial charge < -0.3 is 6.08 Å². The van der Waals surface area contributed by atoms with Crippen LogP contribution in [0.1, 0.15) is 19.3 Å². The van der Waals surface area contributed by atoms with Crippen LogP contribution in [0.25, 0.3) is 0 Å². The molecule has 35 valence electrons. The van der Waals surface area contributed by atoms with Crippen LogP contribution in [-0.2, 0) is 17.1 Å². The summed E-state index contributed by atoms with van der Waals surface area (Å²) in [5.41, 5.74) is 0. The van der Waals surface area contributed by atoms with Gasteiger partial charge in [0.1, 0.15) is 0 Å². The molecule has 6 heavy (non-hydrogen) atoms. The van der Waals surface area contributed by atoms with E-state index in [0.29, 0.717) is 0 Å². The van der Waals surface area contributed by atoms with E-state index in [0.717, 1.165) is 0 Å². The maximum absolute atomic E-state index is 3.10. The van der Waals surface area contributed by atoms with E-state index in [-0.39, 0.29) is 17.1 Å². The van der Waals surface area contributed by atoms with E-state index < -0.39 is 0 Å². The van der Waals surface area contributed by atoms with Crippen LogP contribution in [-0.4, -0.2) is 0 Å². The minimum Gasteiger partial charge on any atom is -0.501 e. The Morgan fingerprint density at radius 3 is 2.50 bits per heavy atom. The zero-order chi connectivity index (χ0) is 3.54. The Labute approximate surface area is 49.1 Å². The van der Waals surface area contributed by atoms with Crippen molar-refractivity contribution in [3.8, 4) is 0 Å². The summed E-state index contributed by atoms with van der Waals surface area (Å²) in [5.74, 6) is 0. The molecular weight excluding hydrogens is 115 g/mol. The smallest absolute Gasteiger partial charge is 0 e. The van der Waals surface area contributed by atoms with Gasteiger partial charge in [-0.05, 0) is 0 Å². The molecule has 0 saturated carbocycles. The molecule has 0 unspecified atom stereocenters. The minimum absolute atomic E-state index is 0. The third kappa shape index (κ3) is 1.64. The summed E-state index contributed by atoms with van der Waals surface area (Å²) in [6.07, 6.45) is 9.00. The van der Waals surface area contributed by atoms with Crippen molar-refractivity contribution < 1.29 is 17.1 Å². The number of rotatable bonds is 0. The Kier molecular flexibility index (Phi) is 3.60. The van der Waals surface area contributed by atoms with Crippen LogP contribution in [0.5, 0.6) is 0 Å². The molecule has 0 nitrogen and oxygen atoms in total. The first-order valence-electron chi connectivity index (χ1n) is 2.05. The molecule has 0 amide bonds. The number of hydrogen-bond donors (Lipinski definition) is 0. The number of allylic oxidation sites excluding steroid dienone is 2. The van der Waals surface area contributed by atoms with Crippen LogP contribution >= 0.6 is 0 Å². The molecule has 0 fully saturated rings. The average molecular weight is 122 g/mol. The van der Waals surface area contributed by atoms with Crippen LogP contribution in [0.15, 0.2) is 6.08 Å². The van der Waals surface area contributed by atoms with E-state index in [1.165, 1.54) is 19.3 Å². The van der Waals surface area contributed by atoms with Gasteiger partial charge in [0.15, 0.2) is 0 Å². The molecule has 0 spiro atoms. The second kappa shape index (κ2) is 3.45. The van der Waals surface area contributed by atoms with Gasteiger partial charge >= 0.3 is 0 Å². The van der Waals surface area contributed by atoms with Crippen molar-refractivity contribution in [3.63, 3.8) is 0 Å². The van der Waals surface area contributed by atoms with E-state index in [4.69, 9.17) is 0 Å². The van der Waals surface area contributed by atoms with E-state index in [1.807, 2.05) is 0 Å². The molecule has 0 aliphatic heterocycles. The summed E-state index contributed by atoms with van der Waals surface area (Å²) < 4.78 is 0. The Morgan fingerprint density at radius 1 is 1.50 bits per heavy atom. The van der Waals surface area contributed by atoms with Crippen molar-refractivity contribution in [2.75, 3.05) is 0 Å². The fraction of sp³-hybridized carbons (Fsp3) is 0.600. The molecule has 1 radical (unpaired) electrons. The van der Waals surface area contributed by atoms with Crippen LogP contribution in [0, 0.1) is 6.08 Å². The first kappa shape index (κ1) is 6.26. The topological polar surface area (TPSA) is 0 Å². The zero-order valence-corrected chi connectivity index (χ0v) is 4.76. The van der Waals surface area contributed by atoms with Gasteiger partial charge in [-0.15, -0.1) is 0 Å². The Bertz CT molecular complexity index is 41.9. The van der Waals surface area contributed by atoms with Gasteiger partial charge in [-0.1, -0.05) is 12.8 Å². The van der Waals surface area contributed by atoms with Gasteiger partial charge in [0.2, 0.25) is 0 Å². The average Bonchev–Trinajstić information content (AvgIpc) is 1.76. The predicted molar refractivity (Wildman–Crippen MR) is 21.7 cm³/mol. The quantitative estimate of drug-likeness (QED) is 0.337. The van der Waals surface area contributed by atoms with Crippen molar-refractivity contribution in [3.05, 3.63) is 12.2 Å². The maximum atomic E-state index is 3.10. The summed E-state index contributed by atoms with van der Waals surface area (Å²) in [6, 6.07) is 0. The van der Waals surface area contributed by atoms with E-state index >= 15 is 0 Å².